The van der Waals surface area contributed by atoms with Gasteiger partial charge in [-0.3, -0.25) is 0 Å². The summed E-state index contributed by atoms with van der Waals surface area (Å²) in [5.41, 5.74) is 7.95. The van der Waals surface area contributed by atoms with Crippen molar-refractivity contribution >= 4 is 35.1 Å². The number of hydrogen-bond donors (Lipinski definition) is 1. The number of aldehydes is 1. The van der Waals surface area contributed by atoms with Crippen LogP contribution in [0, 0.1) is 0 Å². The fourth-order valence-corrected chi connectivity index (χ4v) is 3.86. The molecule has 3 rings (SSSR count). The van der Waals surface area contributed by atoms with E-state index in [9.17, 15) is 4.79 Å². The number of nitrogens with two attached hydrogens (primary N) is 1. The molecule has 5 nitrogen and oxygen atoms in total. The van der Waals surface area contributed by atoms with Gasteiger partial charge in [-0.05, 0) is 63.0 Å². The number of carbonyl (C=O) groups is 1. The molecule has 6 heteroatoms. The number of allylic oxidation sites excluding steroid dienone is 4. The van der Waals surface area contributed by atoms with Crippen LogP contribution in [0.2, 0.25) is 0 Å². The van der Waals surface area contributed by atoms with Gasteiger partial charge in [-0.15, -0.1) is 0 Å². The molecule has 1 aliphatic carbocycles. The maximum Gasteiger partial charge on any atom is 0.156 e. The van der Waals surface area contributed by atoms with Crippen molar-refractivity contribution in [3.8, 4) is 0 Å². The van der Waals surface area contributed by atoms with Crippen molar-refractivity contribution in [2.24, 2.45) is 0 Å². The summed E-state index contributed by atoms with van der Waals surface area (Å²) in [6.45, 7) is 1.71. The van der Waals surface area contributed by atoms with Crippen LogP contribution in [0.3, 0.4) is 0 Å². The Labute approximate surface area is 177 Å². The van der Waals surface area contributed by atoms with Gasteiger partial charge in [-0.25, -0.2) is 4.98 Å². The topological polar surface area (TPSA) is 62.5 Å². The number of pyridine rings is 1. The van der Waals surface area contributed by atoms with Crippen LogP contribution >= 0.6 is 11.6 Å². The summed E-state index contributed by atoms with van der Waals surface area (Å²) < 4.78 is 0. The molecule has 1 aliphatic rings. The highest BCUT2D eigenvalue weighted by atomic mass is 35.5. The fraction of sp³-hybridized carbons (Fsp3) is 0.304. The molecule has 0 bridgehead atoms. The van der Waals surface area contributed by atoms with E-state index in [0.717, 1.165) is 42.9 Å². The molecule has 0 radical (unpaired) electrons. The standard InChI is InChI=1S/C23H27ClN4O/c1-27(2)13-6-14-28(22-21(25)10-5-12-26-22)20-9-3-7-18(15-20)23(17-29)11-4-8-19(24)16-23/h3-5,7-12,15,17H,6,13-14,16,25H2,1-2H3. The first-order valence-electron chi connectivity index (χ1n) is 9.69. The molecule has 2 N–H and O–H groups in total. The number of benzene rings is 1. The minimum absolute atomic E-state index is 0.463. The minimum Gasteiger partial charge on any atom is -0.396 e. The Morgan fingerprint density at radius 3 is 2.76 bits per heavy atom. The summed E-state index contributed by atoms with van der Waals surface area (Å²) in [5.74, 6) is 0.723. The molecule has 0 spiro atoms. The largest absolute Gasteiger partial charge is 0.396 e. The molecule has 0 saturated carbocycles. The first-order valence-corrected chi connectivity index (χ1v) is 10.1. The van der Waals surface area contributed by atoms with Gasteiger partial charge in [0, 0.05) is 29.9 Å². The van der Waals surface area contributed by atoms with E-state index >= 15 is 0 Å². The normalized spacial score (nSPS) is 18.6. The third-order valence-corrected chi connectivity index (χ3v) is 5.36. The molecule has 1 heterocycles. The second kappa shape index (κ2) is 9.25. The van der Waals surface area contributed by atoms with Crippen molar-refractivity contribution in [2.75, 3.05) is 37.8 Å². The predicted molar refractivity (Wildman–Crippen MR) is 121 cm³/mol. The van der Waals surface area contributed by atoms with Gasteiger partial charge < -0.3 is 20.3 Å². The van der Waals surface area contributed by atoms with E-state index in [2.05, 4.69) is 28.9 Å². The molecular weight excluding hydrogens is 384 g/mol. The molecule has 2 aromatic rings. The Hall–Kier alpha value is -2.63. The van der Waals surface area contributed by atoms with E-state index in [0.29, 0.717) is 17.1 Å². The Balaban J connectivity index is 1.99. The van der Waals surface area contributed by atoms with Crippen LogP contribution in [0.25, 0.3) is 0 Å². The highest BCUT2D eigenvalue weighted by Gasteiger charge is 2.32. The van der Waals surface area contributed by atoms with Crippen LogP contribution in [0.15, 0.2) is 65.9 Å². The molecule has 29 heavy (non-hydrogen) atoms. The van der Waals surface area contributed by atoms with E-state index < -0.39 is 5.41 Å². The molecule has 0 amide bonds. The van der Waals surface area contributed by atoms with Gasteiger partial charge in [0.1, 0.15) is 6.29 Å². The number of carbonyl (C=O) groups excluding carboxylic acids is 1. The molecule has 0 aliphatic heterocycles. The predicted octanol–water partition coefficient (Wildman–Crippen LogP) is 4.27. The lowest BCUT2D eigenvalue weighted by molar-refractivity contribution is -0.111. The number of halogens is 1. The number of nitrogens with zero attached hydrogens (tertiary/aromatic N) is 3. The van der Waals surface area contributed by atoms with Crippen molar-refractivity contribution in [3.05, 3.63) is 71.4 Å². The zero-order valence-corrected chi connectivity index (χ0v) is 17.6. The zero-order valence-electron chi connectivity index (χ0n) is 16.9. The third kappa shape index (κ3) is 4.86. The fourth-order valence-electron chi connectivity index (χ4n) is 3.57. The van der Waals surface area contributed by atoms with Crippen LogP contribution in [0.1, 0.15) is 18.4 Å². The average molecular weight is 411 g/mol. The van der Waals surface area contributed by atoms with Crippen LogP contribution in [-0.4, -0.2) is 43.4 Å². The van der Waals surface area contributed by atoms with Crippen molar-refractivity contribution in [1.29, 1.82) is 0 Å². The summed E-state index contributed by atoms with van der Waals surface area (Å²) in [6, 6.07) is 11.7. The van der Waals surface area contributed by atoms with E-state index in [4.69, 9.17) is 17.3 Å². The Bertz CT molecular complexity index is 925. The molecule has 1 aromatic heterocycles. The summed E-state index contributed by atoms with van der Waals surface area (Å²) in [7, 11) is 4.11. The summed E-state index contributed by atoms with van der Waals surface area (Å²) in [4.78, 5) is 20.9. The van der Waals surface area contributed by atoms with E-state index in [1.54, 1.807) is 6.20 Å². The van der Waals surface area contributed by atoms with Crippen molar-refractivity contribution in [3.63, 3.8) is 0 Å². The lowest BCUT2D eigenvalue weighted by Crippen LogP contribution is -2.28. The van der Waals surface area contributed by atoms with Gasteiger partial charge in [0.05, 0.1) is 11.1 Å². The van der Waals surface area contributed by atoms with Gasteiger partial charge in [0.2, 0.25) is 0 Å². The van der Waals surface area contributed by atoms with Gasteiger partial charge in [0.15, 0.2) is 5.82 Å². The zero-order chi connectivity index (χ0) is 20.9. The third-order valence-electron chi connectivity index (χ3n) is 5.10. The summed E-state index contributed by atoms with van der Waals surface area (Å²) in [5, 5.41) is 0.668. The van der Waals surface area contributed by atoms with E-state index in [1.165, 1.54) is 0 Å². The molecule has 1 unspecified atom stereocenters. The average Bonchev–Trinajstić information content (AvgIpc) is 2.72. The van der Waals surface area contributed by atoms with Crippen LogP contribution in [-0.2, 0) is 10.2 Å². The van der Waals surface area contributed by atoms with Crippen molar-refractivity contribution in [2.45, 2.75) is 18.3 Å². The van der Waals surface area contributed by atoms with Gasteiger partial charge in [-0.2, -0.15) is 0 Å². The number of hydrogen-bond acceptors (Lipinski definition) is 5. The van der Waals surface area contributed by atoms with Gasteiger partial charge in [-0.1, -0.05) is 35.9 Å². The summed E-state index contributed by atoms with van der Waals surface area (Å²) >= 11 is 6.26. The maximum atomic E-state index is 12.1. The monoisotopic (exact) mass is 410 g/mol. The Morgan fingerprint density at radius 1 is 1.24 bits per heavy atom. The lowest BCUT2D eigenvalue weighted by atomic mass is 9.76. The molecule has 0 fully saturated rings. The SMILES string of the molecule is CN(C)CCCN(c1cccc(C2(C=O)C=CC=C(Cl)C2)c1)c1ncccc1N. The number of rotatable bonds is 8. The van der Waals surface area contributed by atoms with E-state index in [1.807, 2.05) is 54.6 Å². The lowest BCUT2D eigenvalue weighted by Gasteiger charge is -2.30. The smallest absolute Gasteiger partial charge is 0.156 e. The molecule has 1 aromatic carbocycles. The molecule has 0 saturated heterocycles. The first-order chi connectivity index (χ1) is 13.9. The molecule has 152 valence electrons. The molecular formula is C23H27ClN4O. The summed E-state index contributed by atoms with van der Waals surface area (Å²) in [6.07, 6.45) is 9.72. The number of anilines is 3. The van der Waals surface area contributed by atoms with Crippen LogP contribution in [0.5, 0.6) is 0 Å². The van der Waals surface area contributed by atoms with E-state index in [-0.39, 0.29) is 0 Å². The Kier molecular flexibility index (Phi) is 6.72. The first kappa shape index (κ1) is 21.1. The number of aromatic nitrogens is 1. The van der Waals surface area contributed by atoms with Crippen molar-refractivity contribution in [1.82, 2.24) is 9.88 Å². The second-order valence-corrected chi connectivity index (χ2v) is 8.07. The maximum absolute atomic E-state index is 12.1. The van der Waals surface area contributed by atoms with Crippen molar-refractivity contribution < 1.29 is 4.79 Å². The molecule has 1 atom stereocenters. The second-order valence-electron chi connectivity index (χ2n) is 7.58. The minimum atomic E-state index is -0.757. The number of nitrogen functional groups attached to an aromatic ring is 1. The highest BCUT2D eigenvalue weighted by Crippen LogP contribution is 2.38. The van der Waals surface area contributed by atoms with Crippen LogP contribution in [0.4, 0.5) is 17.2 Å². The van der Waals surface area contributed by atoms with Gasteiger partial charge in [0.25, 0.3) is 0 Å². The van der Waals surface area contributed by atoms with Crippen LogP contribution < -0.4 is 10.6 Å². The Morgan fingerprint density at radius 2 is 2.07 bits per heavy atom. The highest BCUT2D eigenvalue weighted by molar-refractivity contribution is 6.30. The quantitative estimate of drug-likeness (QED) is 0.658. The van der Waals surface area contributed by atoms with Gasteiger partial charge >= 0.3 is 0 Å².